The van der Waals surface area contributed by atoms with Gasteiger partial charge in [-0.2, -0.15) is 0 Å². The molecule has 0 aliphatic carbocycles. The van der Waals surface area contributed by atoms with Crippen LogP contribution in [0.1, 0.15) is 40.0 Å². The minimum Gasteiger partial charge on any atom is -0.481 e. The van der Waals surface area contributed by atoms with Gasteiger partial charge in [0.05, 0.1) is 18.6 Å². The molecule has 1 N–H and O–H groups in total. The molecule has 4 heteroatoms. The van der Waals surface area contributed by atoms with Crippen LogP contribution in [0.25, 0.3) is 0 Å². The minimum absolute atomic E-state index is 0.0588. The summed E-state index contributed by atoms with van der Waals surface area (Å²) in [7, 11) is 0. The summed E-state index contributed by atoms with van der Waals surface area (Å²) in [6.45, 7) is 5.68. The molecule has 0 bridgehead atoms. The summed E-state index contributed by atoms with van der Waals surface area (Å²) in [5, 5.41) is 8.67. The number of carboxylic acid groups (broad SMARTS) is 1. The zero-order valence-corrected chi connectivity index (χ0v) is 8.95. The number of aliphatic carboxylic acids is 1. The van der Waals surface area contributed by atoms with Gasteiger partial charge in [-0.3, -0.25) is 4.79 Å². The number of ether oxygens (including phenoxy) is 2. The van der Waals surface area contributed by atoms with E-state index in [9.17, 15) is 4.79 Å². The highest BCUT2D eigenvalue weighted by atomic mass is 16.7. The lowest BCUT2D eigenvalue weighted by Gasteiger charge is -2.40. The molecule has 1 aliphatic heterocycles. The molecule has 1 fully saturated rings. The second-order valence-electron chi connectivity index (χ2n) is 4.12. The molecule has 0 radical (unpaired) electrons. The summed E-state index contributed by atoms with van der Waals surface area (Å²) in [5.41, 5.74) is 0. The first-order valence-corrected chi connectivity index (χ1v) is 5.00. The molecule has 0 spiro atoms. The van der Waals surface area contributed by atoms with Crippen LogP contribution in [0.4, 0.5) is 0 Å². The first-order valence-electron chi connectivity index (χ1n) is 5.00. The Hall–Kier alpha value is -0.610. The van der Waals surface area contributed by atoms with Crippen LogP contribution >= 0.6 is 0 Å². The van der Waals surface area contributed by atoms with Crippen LogP contribution in [0.15, 0.2) is 0 Å². The zero-order chi connectivity index (χ0) is 10.8. The number of rotatable bonds is 3. The predicted molar refractivity (Wildman–Crippen MR) is 51.0 cm³/mol. The molecular formula is C10H18O4. The van der Waals surface area contributed by atoms with Gasteiger partial charge in [0.1, 0.15) is 0 Å². The summed E-state index contributed by atoms with van der Waals surface area (Å²) in [6.07, 6.45) is 1.52. The van der Waals surface area contributed by atoms with Crippen molar-refractivity contribution in [3.05, 3.63) is 0 Å². The first kappa shape index (κ1) is 11.5. The predicted octanol–water partition coefficient (Wildman–Crippen LogP) is 1.78. The average molecular weight is 202 g/mol. The SMILES string of the molecule is CC[C@@H]1C[C@H](CC(=O)O)OC(C)(C)O1. The molecule has 0 unspecified atom stereocenters. The maximum Gasteiger partial charge on any atom is 0.305 e. The molecule has 0 aromatic rings. The van der Waals surface area contributed by atoms with E-state index in [1.165, 1.54) is 0 Å². The third kappa shape index (κ3) is 3.27. The van der Waals surface area contributed by atoms with Crippen LogP contribution < -0.4 is 0 Å². The van der Waals surface area contributed by atoms with Gasteiger partial charge in [0.15, 0.2) is 5.79 Å². The maximum atomic E-state index is 10.6. The van der Waals surface area contributed by atoms with Gasteiger partial charge < -0.3 is 14.6 Å². The Balaban J connectivity index is 2.56. The third-order valence-electron chi connectivity index (χ3n) is 2.28. The largest absolute Gasteiger partial charge is 0.481 e. The Bertz CT molecular complexity index is 212. The summed E-state index contributed by atoms with van der Waals surface area (Å²) < 4.78 is 11.1. The van der Waals surface area contributed by atoms with Gasteiger partial charge in [-0.1, -0.05) is 6.92 Å². The molecule has 0 saturated carbocycles. The lowest BCUT2D eigenvalue weighted by Crippen LogP contribution is -2.45. The Morgan fingerprint density at radius 1 is 1.43 bits per heavy atom. The summed E-state index contributed by atoms with van der Waals surface area (Å²) >= 11 is 0. The zero-order valence-electron chi connectivity index (χ0n) is 8.95. The van der Waals surface area contributed by atoms with Crippen LogP contribution in [0.5, 0.6) is 0 Å². The third-order valence-corrected chi connectivity index (χ3v) is 2.28. The maximum absolute atomic E-state index is 10.6. The fourth-order valence-corrected chi connectivity index (χ4v) is 1.79. The van der Waals surface area contributed by atoms with E-state index < -0.39 is 11.8 Å². The van der Waals surface area contributed by atoms with Crippen molar-refractivity contribution in [2.45, 2.75) is 58.0 Å². The van der Waals surface area contributed by atoms with E-state index in [2.05, 4.69) is 0 Å². The van der Waals surface area contributed by atoms with Crippen molar-refractivity contribution in [2.75, 3.05) is 0 Å². The van der Waals surface area contributed by atoms with E-state index >= 15 is 0 Å². The van der Waals surface area contributed by atoms with Gasteiger partial charge >= 0.3 is 5.97 Å². The Morgan fingerprint density at radius 3 is 2.50 bits per heavy atom. The summed E-state index contributed by atoms with van der Waals surface area (Å²) in [5.74, 6) is -1.47. The lowest BCUT2D eigenvalue weighted by molar-refractivity contribution is -0.299. The summed E-state index contributed by atoms with van der Waals surface area (Å²) in [6, 6.07) is 0. The van der Waals surface area contributed by atoms with Crippen molar-refractivity contribution < 1.29 is 19.4 Å². The number of hydrogen-bond donors (Lipinski definition) is 1. The molecule has 1 aliphatic rings. The molecule has 0 aromatic heterocycles. The highest BCUT2D eigenvalue weighted by Gasteiger charge is 2.35. The van der Waals surface area contributed by atoms with E-state index in [4.69, 9.17) is 14.6 Å². The summed E-state index contributed by atoms with van der Waals surface area (Å²) in [4.78, 5) is 10.6. The van der Waals surface area contributed by atoms with Crippen molar-refractivity contribution in [1.82, 2.24) is 0 Å². The van der Waals surface area contributed by atoms with Crippen molar-refractivity contribution >= 4 is 5.97 Å². The Kier molecular flexibility index (Phi) is 3.50. The van der Waals surface area contributed by atoms with E-state index in [0.717, 1.165) is 6.42 Å². The Labute approximate surface area is 84.2 Å². The van der Waals surface area contributed by atoms with E-state index in [1.54, 1.807) is 0 Å². The van der Waals surface area contributed by atoms with Gasteiger partial charge in [0, 0.05) is 6.42 Å². The van der Waals surface area contributed by atoms with Crippen molar-refractivity contribution in [1.29, 1.82) is 0 Å². The van der Waals surface area contributed by atoms with E-state index in [-0.39, 0.29) is 18.6 Å². The normalized spacial score (nSPS) is 31.4. The van der Waals surface area contributed by atoms with Gasteiger partial charge in [-0.25, -0.2) is 0 Å². The van der Waals surface area contributed by atoms with E-state index in [1.807, 2.05) is 20.8 Å². The van der Waals surface area contributed by atoms with Crippen molar-refractivity contribution in [3.8, 4) is 0 Å². The smallest absolute Gasteiger partial charge is 0.305 e. The molecular weight excluding hydrogens is 184 g/mol. The van der Waals surface area contributed by atoms with Crippen LogP contribution in [-0.2, 0) is 14.3 Å². The molecule has 1 rings (SSSR count). The average Bonchev–Trinajstić information content (AvgIpc) is 1.99. The van der Waals surface area contributed by atoms with Gasteiger partial charge in [0.25, 0.3) is 0 Å². The molecule has 14 heavy (non-hydrogen) atoms. The van der Waals surface area contributed by atoms with Crippen LogP contribution in [-0.4, -0.2) is 29.1 Å². The van der Waals surface area contributed by atoms with Crippen LogP contribution in [0, 0.1) is 0 Å². The minimum atomic E-state index is -0.817. The van der Waals surface area contributed by atoms with Gasteiger partial charge in [-0.05, 0) is 20.3 Å². The van der Waals surface area contributed by atoms with Crippen molar-refractivity contribution in [2.24, 2.45) is 0 Å². The van der Waals surface area contributed by atoms with Crippen LogP contribution in [0.2, 0.25) is 0 Å². The van der Waals surface area contributed by atoms with Gasteiger partial charge in [-0.15, -0.1) is 0 Å². The molecule has 1 heterocycles. The molecule has 1 saturated heterocycles. The highest BCUT2D eigenvalue weighted by molar-refractivity contribution is 5.67. The fourth-order valence-electron chi connectivity index (χ4n) is 1.79. The van der Waals surface area contributed by atoms with Gasteiger partial charge in [0.2, 0.25) is 0 Å². The number of carbonyl (C=O) groups is 1. The first-order chi connectivity index (χ1) is 6.43. The lowest BCUT2D eigenvalue weighted by atomic mass is 10.0. The monoisotopic (exact) mass is 202 g/mol. The molecule has 0 aromatic carbocycles. The van der Waals surface area contributed by atoms with Crippen molar-refractivity contribution in [3.63, 3.8) is 0 Å². The standard InChI is InChI=1S/C10H18O4/c1-4-7-5-8(6-9(11)12)14-10(2,3)13-7/h7-8H,4-6H2,1-3H3,(H,11,12)/t7-,8-/m1/s1. The molecule has 82 valence electrons. The Morgan fingerprint density at radius 2 is 2.00 bits per heavy atom. The second kappa shape index (κ2) is 4.28. The quantitative estimate of drug-likeness (QED) is 0.758. The molecule has 4 nitrogen and oxygen atoms in total. The fraction of sp³-hybridized carbons (Fsp3) is 0.900. The molecule has 2 atom stereocenters. The van der Waals surface area contributed by atoms with E-state index in [0.29, 0.717) is 6.42 Å². The van der Waals surface area contributed by atoms with Crippen LogP contribution in [0.3, 0.4) is 0 Å². The topological polar surface area (TPSA) is 55.8 Å². The second-order valence-corrected chi connectivity index (χ2v) is 4.12. The highest BCUT2D eigenvalue weighted by Crippen LogP contribution is 2.29. The molecule has 0 amide bonds. The number of carboxylic acids is 1. The number of hydrogen-bond acceptors (Lipinski definition) is 3.